The number of nitrogens with zero attached hydrogens (tertiary/aromatic N) is 3. The molecule has 2 unspecified atom stereocenters. The zero-order valence-corrected chi connectivity index (χ0v) is 23.5. The van der Waals surface area contributed by atoms with Crippen LogP contribution in [0.15, 0.2) is 36.4 Å². The molecule has 3 amide bonds. The number of rotatable bonds is 7. The van der Waals surface area contributed by atoms with E-state index in [4.69, 9.17) is 4.74 Å². The number of amides is 3. The molecule has 39 heavy (non-hydrogen) atoms. The summed E-state index contributed by atoms with van der Waals surface area (Å²) in [4.78, 5) is 51.0. The highest BCUT2D eigenvalue weighted by molar-refractivity contribution is 6.00. The average molecular weight is 533 g/mol. The minimum absolute atomic E-state index is 0.0552. The van der Waals surface area contributed by atoms with Gasteiger partial charge in [-0.05, 0) is 55.7 Å². The van der Waals surface area contributed by atoms with E-state index in [2.05, 4.69) is 22.4 Å². The number of carbonyl (C=O) groups is 3. The summed E-state index contributed by atoms with van der Waals surface area (Å²) in [6, 6.07) is 9.68. The fraction of sp³-hybridized carbons (Fsp3) is 0.548. The molecule has 0 radical (unpaired) electrons. The first-order chi connectivity index (χ1) is 18.8. The number of hydrogen-bond acceptors (Lipinski definition) is 5. The highest BCUT2D eigenvalue weighted by atomic mass is 16.5. The SMILES string of the molecule is CCC(CC)C1C(=O)NC(C2Cc3ccccc3C2)C(=O)N1[C@@H](C(=O)N1CCOCC1)c1ccc(C)nc1C. The molecule has 208 valence electrons. The van der Waals surface area contributed by atoms with Crippen molar-refractivity contribution >= 4 is 17.7 Å². The highest BCUT2D eigenvalue weighted by Crippen LogP contribution is 2.38. The van der Waals surface area contributed by atoms with E-state index in [1.165, 1.54) is 11.1 Å². The van der Waals surface area contributed by atoms with Crippen molar-refractivity contribution in [2.45, 2.75) is 71.5 Å². The summed E-state index contributed by atoms with van der Waals surface area (Å²) < 4.78 is 5.52. The zero-order chi connectivity index (χ0) is 27.7. The lowest BCUT2D eigenvalue weighted by molar-refractivity contribution is -0.163. The number of carbonyl (C=O) groups excluding carboxylic acids is 3. The standard InChI is InChI=1S/C31H40N4O4/c1-5-21(6-2)27-29(36)33-26(24-17-22-9-7-8-10-23(22)18-24)30(37)35(27)28(25-12-11-19(3)32-20(25)4)31(38)34-13-15-39-16-14-34/h7-12,21,24,26-28H,5-6,13-18H2,1-4H3,(H,33,36)/t26?,27?,28-/m1/s1. The van der Waals surface area contributed by atoms with Crippen LogP contribution >= 0.6 is 0 Å². The van der Waals surface area contributed by atoms with Crippen LogP contribution in [0.25, 0.3) is 0 Å². The Morgan fingerprint density at radius 3 is 2.26 bits per heavy atom. The fourth-order valence-electron chi connectivity index (χ4n) is 6.68. The van der Waals surface area contributed by atoms with Gasteiger partial charge in [0.15, 0.2) is 0 Å². The quantitative estimate of drug-likeness (QED) is 0.592. The summed E-state index contributed by atoms with van der Waals surface area (Å²) in [6.07, 6.45) is 2.90. The van der Waals surface area contributed by atoms with E-state index in [-0.39, 0.29) is 29.6 Å². The second-order valence-corrected chi connectivity index (χ2v) is 11.2. The molecule has 8 heteroatoms. The monoisotopic (exact) mass is 532 g/mol. The average Bonchev–Trinajstić information content (AvgIpc) is 3.38. The number of aromatic nitrogens is 1. The predicted octanol–water partition coefficient (Wildman–Crippen LogP) is 3.15. The third kappa shape index (κ3) is 5.19. The molecule has 1 N–H and O–H groups in total. The minimum atomic E-state index is -0.924. The molecule has 0 spiro atoms. The number of morpholine rings is 1. The number of fused-ring (bicyclic) bond motifs is 1. The molecule has 5 rings (SSSR count). The highest BCUT2D eigenvalue weighted by Gasteiger charge is 2.52. The molecule has 0 bridgehead atoms. The Morgan fingerprint density at radius 2 is 1.67 bits per heavy atom. The molecule has 2 saturated heterocycles. The van der Waals surface area contributed by atoms with Crippen LogP contribution in [-0.2, 0) is 32.0 Å². The third-order valence-electron chi connectivity index (χ3n) is 8.83. The van der Waals surface area contributed by atoms with Crippen LogP contribution in [0.5, 0.6) is 0 Å². The van der Waals surface area contributed by atoms with Crippen molar-refractivity contribution in [3.05, 3.63) is 64.5 Å². The third-order valence-corrected chi connectivity index (χ3v) is 8.83. The summed E-state index contributed by atoms with van der Waals surface area (Å²) in [6.45, 7) is 9.71. The van der Waals surface area contributed by atoms with Crippen LogP contribution in [0.4, 0.5) is 0 Å². The van der Waals surface area contributed by atoms with E-state index in [9.17, 15) is 14.4 Å². The van der Waals surface area contributed by atoms with Crippen LogP contribution in [0, 0.1) is 25.7 Å². The molecule has 1 aromatic heterocycles. The number of aryl methyl sites for hydroxylation is 2. The number of hydrogen-bond donors (Lipinski definition) is 1. The van der Waals surface area contributed by atoms with Crippen LogP contribution in [0.1, 0.15) is 60.8 Å². The molecule has 8 nitrogen and oxygen atoms in total. The lowest BCUT2D eigenvalue weighted by atomic mass is 9.84. The first-order valence-corrected chi connectivity index (χ1v) is 14.3. The lowest BCUT2D eigenvalue weighted by Gasteiger charge is -2.47. The molecular formula is C31H40N4O4. The van der Waals surface area contributed by atoms with Crippen LogP contribution in [0.3, 0.4) is 0 Å². The van der Waals surface area contributed by atoms with Gasteiger partial charge in [0.2, 0.25) is 17.7 Å². The Morgan fingerprint density at radius 1 is 1.03 bits per heavy atom. The number of benzene rings is 1. The summed E-state index contributed by atoms with van der Waals surface area (Å²) in [5.74, 6) is -0.632. The van der Waals surface area contributed by atoms with Gasteiger partial charge >= 0.3 is 0 Å². The van der Waals surface area contributed by atoms with Gasteiger partial charge in [0.1, 0.15) is 18.1 Å². The number of pyridine rings is 1. The summed E-state index contributed by atoms with van der Waals surface area (Å²) in [5.41, 5.74) is 4.67. The maximum atomic E-state index is 14.6. The number of nitrogens with one attached hydrogen (secondary N) is 1. The molecule has 2 aliphatic heterocycles. The largest absolute Gasteiger partial charge is 0.378 e. The van der Waals surface area contributed by atoms with Crippen LogP contribution in [-0.4, -0.2) is 70.9 Å². The van der Waals surface area contributed by atoms with Gasteiger partial charge < -0.3 is 19.9 Å². The van der Waals surface area contributed by atoms with Gasteiger partial charge in [0.25, 0.3) is 0 Å². The molecule has 0 saturated carbocycles. The van der Waals surface area contributed by atoms with Gasteiger partial charge in [-0.1, -0.05) is 57.0 Å². The maximum absolute atomic E-state index is 14.6. The number of ether oxygens (including phenoxy) is 1. The minimum Gasteiger partial charge on any atom is -0.378 e. The van der Waals surface area contributed by atoms with Crippen molar-refractivity contribution in [2.75, 3.05) is 26.3 Å². The Bertz CT molecular complexity index is 1210. The first kappa shape index (κ1) is 27.3. The van der Waals surface area contributed by atoms with Gasteiger partial charge in [0, 0.05) is 30.0 Å². The second-order valence-electron chi connectivity index (χ2n) is 11.2. The summed E-state index contributed by atoms with van der Waals surface area (Å²) in [7, 11) is 0. The van der Waals surface area contributed by atoms with Crippen LogP contribution < -0.4 is 5.32 Å². The fourth-order valence-corrected chi connectivity index (χ4v) is 6.68. The van der Waals surface area contributed by atoms with Gasteiger partial charge in [-0.25, -0.2) is 0 Å². The summed E-state index contributed by atoms with van der Waals surface area (Å²) in [5, 5.41) is 3.13. The van der Waals surface area contributed by atoms with E-state index >= 15 is 0 Å². The predicted molar refractivity (Wildman–Crippen MR) is 148 cm³/mol. The molecule has 1 aliphatic carbocycles. The Balaban J connectivity index is 1.60. The van der Waals surface area contributed by atoms with E-state index in [1.807, 2.05) is 52.0 Å². The van der Waals surface area contributed by atoms with Crippen molar-refractivity contribution < 1.29 is 19.1 Å². The van der Waals surface area contributed by atoms with Crippen molar-refractivity contribution in [2.24, 2.45) is 11.8 Å². The number of piperazine rings is 1. The normalized spacial score (nSPS) is 22.7. The first-order valence-electron chi connectivity index (χ1n) is 14.3. The van der Waals surface area contributed by atoms with E-state index < -0.39 is 18.1 Å². The van der Waals surface area contributed by atoms with Crippen molar-refractivity contribution in [1.29, 1.82) is 0 Å². The van der Waals surface area contributed by atoms with E-state index in [1.54, 1.807) is 9.80 Å². The molecular weight excluding hydrogens is 492 g/mol. The topological polar surface area (TPSA) is 91.8 Å². The Hall–Kier alpha value is -3.26. The zero-order valence-electron chi connectivity index (χ0n) is 23.5. The Labute approximate surface area is 231 Å². The maximum Gasteiger partial charge on any atom is 0.250 e. The molecule has 3 aliphatic rings. The molecule has 2 fully saturated rings. The molecule has 2 aromatic rings. The Kier molecular flexibility index (Phi) is 8.03. The van der Waals surface area contributed by atoms with Crippen molar-refractivity contribution in [3.63, 3.8) is 0 Å². The van der Waals surface area contributed by atoms with Crippen molar-refractivity contribution in [1.82, 2.24) is 20.1 Å². The summed E-state index contributed by atoms with van der Waals surface area (Å²) >= 11 is 0. The van der Waals surface area contributed by atoms with Crippen molar-refractivity contribution in [3.8, 4) is 0 Å². The molecule has 3 heterocycles. The van der Waals surface area contributed by atoms with Gasteiger partial charge in [-0.15, -0.1) is 0 Å². The van der Waals surface area contributed by atoms with Gasteiger partial charge in [0.05, 0.1) is 13.2 Å². The van der Waals surface area contributed by atoms with E-state index in [0.717, 1.165) is 31.4 Å². The van der Waals surface area contributed by atoms with Gasteiger partial charge in [-0.3, -0.25) is 19.4 Å². The van der Waals surface area contributed by atoms with E-state index in [0.29, 0.717) is 37.6 Å². The second kappa shape index (κ2) is 11.5. The van der Waals surface area contributed by atoms with Crippen LogP contribution in [0.2, 0.25) is 0 Å². The smallest absolute Gasteiger partial charge is 0.250 e. The lowest BCUT2D eigenvalue weighted by Crippen LogP contribution is -2.69. The molecule has 3 atom stereocenters. The van der Waals surface area contributed by atoms with Gasteiger partial charge in [-0.2, -0.15) is 0 Å². The molecule has 1 aromatic carbocycles.